The Labute approximate surface area is 96.0 Å². The standard InChI is InChI=1S/C11H10.4CH4/c1-9-5-4-7-10-6-2-3-8-11(9)10;;;;/h2-8H,1H3;4*1H4. The number of benzene rings is 2. The molecule has 2 aromatic carbocycles. The van der Waals surface area contributed by atoms with Crippen LogP contribution in [0.1, 0.15) is 35.3 Å². The fourth-order valence-corrected chi connectivity index (χ4v) is 1.39. The topological polar surface area (TPSA) is 0 Å². The summed E-state index contributed by atoms with van der Waals surface area (Å²) < 4.78 is 0. The Balaban J connectivity index is -0.000000360. The van der Waals surface area contributed by atoms with Crippen molar-refractivity contribution in [1.82, 2.24) is 0 Å². The molecule has 0 radical (unpaired) electrons. The fraction of sp³-hybridized carbons (Fsp3) is 0.333. The predicted octanol–water partition coefficient (Wildman–Crippen LogP) is 5.69. The molecule has 0 amide bonds. The molecule has 86 valence electrons. The highest BCUT2D eigenvalue weighted by molar-refractivity contribution is 5.85. The Morgan fingerprint density at radius 3 is 1.80 bits per heavy atom. The molecule has 0 nitrogen and oxygen atoms in total. The maximum Gasteiger partial charge on any atom is -0.0155 e. The minimum absolute atomic E-state index is 0. The fourth-order valence-electron chi connectivity index (χ4n) is 1.39. The third kappa shape index (κ3) is 3.75. The smallest absolute Gasteiger partial charge is 0.0155 e. The Morgan fingerprint density at radius 2 is 1.20 bits per heavy atom. The maximum absolute atomic E-state index is 2.16. The van der Waals surface area contributed by atoms with E-state index >= 15 is 0 Å². The summed E-state index contributed by atoms with van der Waals surface area (Å²) in [4.78, 5) is 0. The van der Waals surface area contributed by atoms with E-state index in [0.29, 0.717) is 0 Å². The van der Waals surface area contributed by atoms with Crippen molar-refractivity contribution in [1.29, 1.82) is 0 Å². The Hall–Kier alpha value is -1.30. The molecule has 0 N–H and O–H groups in total. The molecule has 0 saturated heterocycles. The predicted molar refractivity (Wildman–Crippen MR) is 75.6 cm³/mol. The first-order valence-corrected chi connectivity index (χ1v) is 3.82. The van der Waals surface area contributed by atoms with Crippen molar-refractivity contribution >= 4 is 10.8 Å². The molecule has 0 saturated carbocycles. The van der Waals surface area contributed by atoms with Gasteiger partial charge in [0.15, 0.2) is 0 Å². The zero-order valence-electron chi connectivity index (χ0n) is 6.54. The van der Waals surface area contributed by atoms with Crippen LogP contribution < -0.4 is 0 Å². The number of hydrogen-bond donors (Lipinski definition) is 0. The van der Waals surface area contributed by atoms with E-state index in [1.807, 2.05) is 0 Å². The highest BCUT2D eigenvalue weighted by Gasteiger charge is 1.91. The van der Waals surface area contributed by atoms with Gasteiger partial charge in [0.1, 0.15) is 0 Å². The van der Waals surface area contributed by atoms with E-state index in [1.165, 1.54) is 16.3 Å². The van der Waals surface area contributed by atoms with Crippen LogP contribution in [0.25, 0.3) is 10.8 Å². The lowest BCUT2D eigenvalue weighted by Crippen LogP contribution is -1.75. The monoisotopic (exact) mass is 206 g/mol. The van der Waals surface area contributed by atoms with Crippen molar-refractivity contribution in [2.75, 3.05) is 0 Å². The van der Waals surface area contributed by atoms with Gasteiger partial charge >= 0.3 is 0 Å². The second-order valence-corrected chi connectivity index (χ2v) is 2.80. The summed E-state index contributed by atoms with van der Waals surface area (Å²) in [6.45, 7) is 2.14. The molecule has 0 aliphatic carbocycles. The normalized spacial score (nSPS) is 7.53. The highest BCUT2D eigenvalue weighted by Crippen LogP contribution is 2.16. The van der Waals surface area contributed by atoms with Gasteiger partial charge < -0.3 is 0 Å². The van der Waals surface area contributed by atoms with Gasteiger partial charge in [-0.1, -0.05) is 72.2 Å². The quantitative estimate of drug-likeness (QED) is 0.519. The van der Waals surface area contributed by atoms with Crippen LogP contribution in [0.3, 0.4) is 0 Å². The van der Waals surface area contributed by atoms with Crippen LogP contribution in [-0.2, 0) is 0 Å². The highest BCUT2D eigenvalue weighted by atomic mass is 14.0. The molecule has 0 heterocycles. The van der Waals surface area contributed by atoms with Crippen molar-refractivity contribution in [3.63, 3.8) is 0 Å². The van der Waals surface area contributed by atoms with Gasteiger partial charge in [-0.25, -0.2) is 0 Å². The van der Waals surface area contributed by atoms with Gasteiger partial charge in [-0.15, -0.1) is 0 Å². The van der Waals surface area contributed by atoms with E-state index < -0.39 is 0 Å². The number of fused-ring (bicyclic) bond motifs is 1. The van der Waals surface area contributed by atoms with Gasteiger partial charge in [0.25, 0.3) is 0 Å². The molecule has 0 fully saturated rings. The summed E-state index contributed by atoms with van der Waals surface area (Å²) >= 11 is 0. The lowest BCUT2D eigenvalue weighted by Gasteiger charge is -1.98. The molecule has 0 unspecified atom stereocenters. The summed E-state index contributed by atoms with van der Waals surface area (Å²) in [5.41, 5.74) is 1.35. The summed E-state index contributed by atoms with van der Waals surface area (Å²) in [6.07, 6.45) is 0. The van der Waals surface area contributed by atoms with Gasteiger partial charge in [0.05, 0.1) is 0 Å². The molecular weight excluding hydrogens is 180 g/mol. The average Bonchev–Trinajstić information content (AvgIpc) is 2.06. The van der Waals surface area contributed by atoms with E-state index in [2.05, 4.69) is 49.4 Å². The first kappa shape index (κ1) is 19.3. The number of hydrogen-bond acceptors (Lipinski definition) is 0. The molecule has 0 spiro atoms. The van der Waals surface area contributed by atoms with Crippen LogP contribution in [0.15, 0.2) is 42.5 Å². The summed E-state index contributed by atoms with van der Waals surface area (Å²) in [6, 6.07) is 14.8. The van der Waals surface area contributed by atoms with Crippen LogP contribution in [0, 0.1) is 6.92 Å². The van der Waals surface area contributed by atoms with Crippen molar-refractivity contribution in [2.24, 2.45) is 0 Å². The molecule has 0 atom stereocenters. The Bertz CT molecular complexity index is 369. The molecular formula is C15H26. The molecule has 2 rings (SSSR count). The summed E-state index contributed by atoms with van der Waals surface area (Å²) in [7, 11) is 0. The van der Waals surface area contributed by atoms with Gasteiger partial charge in [0.2, 0.25) is 0 Å². The van der Waals surface area contributed by atoms with Gasteiger partial charge in [-0.3, -0.25) is 0 Å². The van der Waals surface area contributed by atoms with Crippen molar-refractivity contribution < 1.29 is 0 Å². The molecule has 0 aliphatic rings. The molecule has 0 heteroatoms. The zero-order valence-corrected chi connectivity index (χ0v) is 6.54. The summed E-state index contributed by atoms with van der Waals surface area (Å²) in [5.74, 6) is 0. The number of rotatable bonds is 0. The van der Waals surface area contributed by atoms with Crippen molar-refractivity contribution in [3.05, 3.63) is 48.0 Å². The van der Waals surface area contributed by atoms with Gasteiger partial charge in [0, 0.05) is 0 Å². The summed E-state index contributed by atoms with van der Waals surface area (Å²) in [5, 5.41) is 2.68. The zero-order chi connectivity index (χ0) is 7.68. The van der Waals surface area contributed by atoms with Crippen LogP contribution >= 0.6 is 0 Å². The first-order valence-electron chi connectivity index (χ1n) is 3.82. The average molecular weight is 206 g/mol. The van der Waals surface area contributed by atoms with Crippen LogP contribution in [0.4, 0.5) is 0 Å². The second-order valence-electron chi connectivity index (χ2n) is 2.80. The van der Waals surface area contributed by atoms with E-state index in [0.717, 1.165) is 0 Å². The minimum Gasteiger partial charge on any atom is -0.0776 e. The van der Waals surface area contributed by atoms with Crippen molar-refractivity contribution in [3.8, 4) is 0 Å². The lowest BCUT2D eigenvalue weighted by atomic mass is 10.1. The van der Waals surface area contributed by atoms with Gasteiger partial charge in [-0.05, 0) is 23.3 Å². The molecule has 0 aliphatic heterocycles. The maximum atomic E-state index is 2.16. The van der Waals surface area contributed by atoms with E-state index in [-0.39, 0.29) is 29.7 Å². The first-order chi connectivity index (χ1) is 5.38. The molecule has 15 heavy (non-hydrogen) atoms. The lowest BCUT2D eigenvalue weighted by molar-refractivity contribution is 1.53. The third-order valence-electron chi connectivity index (χ3n) is 2.01. The number of aryl methyl sites for hydroxylation is 1. The van der Waals surface area contributed by atoms with Crippen LogP contribution in [0.5, 0.6) is 0 Å². The molecule has 2 aromatic rings. The second kappa shape index (κ2) is 8.05. The molecule has 0 bridgehead atoms. The van der Waals surface area contributed by atoms with Gasteiger partial charge in [-0.2, -0.15) is 0 Å². The Morgan fingerprint density at radius 1 is 0.667 bits per heavy atom. The van der Waals surface area contributed by atoms with E-state index in [4.69, 9.17) is 0 Å². The molecule has 0 aromatic heterocycles. The minimum atomic E-state index is 0. The van der Waals surface area contributed by atoms with Crippen molar-refractivity contribution in [2.45, 2.75) is 36.6 Å². The van der Waals surface area contributed by atoms with E-state index in [1.54, 1.807) is 0 Å². The van der Waals surface area contributed by atoms with E-state index in [9.17, 15) is 0 Å². The van der Waals surface area contributed by atoms with Crippen LogP contribution in [-0.4, -0.2) is 0 Å². The third-order valence-corrected chi connectivity index (χ3v) is 2.01. The SMILES string of the molecule is C.C.C.C.Cc1cccc2ccccc12. The Kier molecular flexibility index (Phi) is 10.4. The largest absolute Gasteiger partial charge is 0.0776 e. The van der Waals surface area contributed by atoms with Crippen LogP contribution in [0.2, 0.25) is 0 Å².